The van der Waals surface area contributed by atoms with Gasteiger partial charge in [-0.2, -0.15) is 0 Å². The minimum absolute atomic E-state index is 0.553. The Morgan fingerprint density at radius 3 is 2.36 bits per heavy atom. The van der Waals surface area contributed by atoms with Gasteiger partial charge in [0.25, 0.3) is 0 Å². The lowest BCUT2D eigenvalue weighted by Gasteiger charge is -2.18. The molecule has 0 unspecified atom stereocenters. The van der Waals surface area contributed by atoms with Crippen molar-refractivity contribution in [3.63, 3.8) is 0 Å². The van der Waals surface area contributed by atoms with Gasteiger partial charge in [-0.25, -0.2) is 0 Å². The first-order chi connectivity index (χ1) is 13.5. The lowest BCUT2D eigenvalue weighted by Crippen LogP contribution is -2.11. The van der Waals surface area contributed by atoms with Crippen LogP contribution in [0.4, 0.5) is 0 Å². The molecule has 2 aromatic carbocycles. The smallest absolute Gasteiger partial charge is 0.0750 e. The van der Waals surface area contributed by atoms with E-state index in [0.717, 1.165) is 5.71 Å². The second kappa shape index (κ2) is 6.31. The quantitative estimate of drug-likeness (QED) is 0.555. The SMILES string of the molecule is CC1=Cc2c(cccc2-c2ccc(C(C)C)cc2)[C]1C1=C(C)C=C2C=CN=C21. The van der Waals surface area contributed by atoms with Crippen LogP contribution in [0.5, 0.6) is 0 Å². The van der Waals surface area contributed by atoms with Crippen LogP contribution in [-0.2, 0) is 0 Å². The highest BCUT2D eigenvalue weighted by atomic mass is 14.7. The van der Waals surface area contributed by atoms with Crippen molar-refractivity contribution in [3.05, 3.63) is 106 Å². The van der Waals surface area contributed by atoms with Gasteiger partial charge < -0.3 is 0 Å². The lowest BCUT2D eigenvalue weighted by atomic mass is 9.84. The molecule has 0 spiro atoms. The number of aliphatic imine (C=N–C) groups is 1. The van der Waals surface area contributed by atoms with E-state index in [1.54, 1.807) is 0 Å². The zero-order chi connectivity index (χ0) is 19.4. The van der Waals surface area contributed by atoms with Crippen LogP contribution in [0.15, 0.2) is 88.1 Å². The van der Waals surface area contributed by atoms with Gasteiger partial charge in [-0.1, -0.05) is 68.0 Å². The highest BCUT2D eigenvalue weighted by molar-refractivity contribution is 6.22. The molecule has 0 saturated heterocycles. The van der Waals surface area contributed by atoms with Gasteiger partial charge in [-0.05, 0) is 70.9 Å². The number of hydrogen-bond donors (Lipinski definition) is 0. The Balaban J connectivity index is 1.60. The topological polar surface area (TPSA) is 12.4 Å². The molecule has 1 heterocycles. The van der Waals surface area contributed by atoms with Gasteiger partial charge in [-0.15, -0.1) is 0 Å². The van der Waals surface area contributed by atoms with Crippen LogP contribution in [0.25, 0.3) is 17.2 Å². The molecular formula is C27H24N. The second-order valence-corrected chi connectivity index (χ2v) is 8.20. The highest BCUT2D eigenvalue weighted by Crippen LogP contribution is 2.47. The zero-order valence-corrected chi connectivity index (χ0v) is 16.9. The van der Waals surface area contributed by atoms with Crippen LogP contribution >= 0.6 is 0 Å². The molecule has 2 aromatic rings. The molecule has 0 bridgehead atoms. The van der Waals surface area contributed by atoms with Crippen molar-refractivity contribution < 1.29 is 0 Å². The van der Waals surface area contributed by atoms with Crippen molar-refractivity contribution in [2.45, 2.75) is 33.6 Å². The third kappa shape index (κ3) is 2.50. The molecule has 1 radical (unpaired) electrons. The average molecular weight is 362 g/mol. The normalized spacial score (nSPS) is 17.8. The summed E-state index contributed by atoms with van der Waals surface area (Å²) in [7, 11) is 0. The van der Waals surface area contributed by atoms with E-state index in [1.807, 2.05) is 6.20 Å². The number of fused-ring (bicyclic) bond motifs is 2. The van der Waals surface area contributed by atoms with Crippen LogP contribution < -0.4 is 0 Å². The van der Waals surface area contributed by atoms with Crippen molar-refractivity contribution in [3.8, 4) is 11.1 Å². The summed E-state index contributed by atoms with van der Waals surface area (Å²) in [5, 5.41) is 0. The summed E-state index contributed by atoms with van der Waals surface area (Å²) in [6, 6.07) is 15.7. The van der Waals surface area contributed by atoms with Gasteiger partial charge in [0.15, 0.2) is 0 Å². The Morgan fingerprint density at radius 1 is 0.857 bits per heavy atom. The fourth-order valence-corrected chi connectivity index (χ4v) is 4.55. The number of benzene rings is 2. The first-order valence-electron chi connectivity index (χ1n) is 10.0. The molecule has 0 N–H and O–H groups in total. The van der Waals surface area contributed by atoms with Crippen molar-refractivity contribution in [2.75, 3.05) is 0 Å². The molecule has 137 valence electrons. The van der Waals surface area contributed by atoms with Gasteiger partial charge >= 0.3 is 0 Å². The molecule has 28 heavy (non-hydrogen) atoms. The van der Waals surface area contributed by atoms with Gasteiger partial charge in [0.1, 0.15) is 0 Å². The summed E-state index contributed by atoms with van der Waals surface area (Å²) in [5.41, 5.74) is 12.9. The first kappa shape index (κ1) is 17.2. The third-order valence-corrected chi connectivity index (χ3v) is 6.00. The van der Waals surface area contributed by atoms with Crippen LogP contribution in [0, 0.1) is 5.92 Å². The Bertz CT molecular complexity index is 1130. The Kier molecular flexibility index (Phi) is 3.87. The second-order valence-electron chi connectivity index (χ2n) is 8.20. The maximum atomic E-state index is 4.65. The predicted molar refractivity (Wildman–Crippen MR) is 119 cm³/mol. The predicted octanol–water partition coefficient (Wildman–Crippen LogP) is 7.04. The van der Waals surface area contributed by atoms with E-state index in [2.05, 4.69) is 93.4 Å². The van der Waals surface area contributed by atoms with E-state index >= 15 is 0 Å². The number of nitrogens with zero attached hydrogens (tertiary/aromatic N) is 1. The highest BCUT2D eigenvalue weighted by Gasteiger charge is 2.35. The largest absolute Gasteiger partial charge is 0.256 e. The number of rotatable bonds is 3. The van der Waals surface area contributed by atoms with Gasteiger partial charge in [0.05, 0.1) is 11.6 Å². The average Bonchev–Trinajstić information content (AvgIpc) is 3.34. The van der Waals surface area contributed by atoms with Crippen LogP contribution in [0.3, 0.4) is 0 Å². The Morgan fingerprint density at radius 2 is 1.61 bits per heavy atom. The maximum absolute atomic E-state index is 4.65. The maximum Gasteiger partial charge on any atom is 0.0750 e. The first-order valence-corrected chi connectivity index (χ1v) is 10.0. The van der Waals surface area contributed by atoms with Crippen LogP contribution in [0.2, 0.25) is 0 Å². The van der Waals surface area contributed by atoms with Gasteiger partial charge in [0, 0.05) is 11.8 Å². The Hall–Kier alpha value is -2.93. The lowest BCUT2D eigenvalue weighted by molar-refractivity contribution is 0.867. The zero-order valence-electron chi connectivity index (χ0n) is 16.9. The van der Waals surface area contributed by atoms with E-state index in [0.29, 0.717) is 5.92 Å². The van der Waals surface area contributed by atoms with Gasteiger partial charge in [-0.3, -0.25) is 4.99 Å². The molecule has 1 aliphatic heterocycles. The molecule has 0 aromatic heterocycles. The number of allylic oxidation sites excluding steroid dienone is 6. The molecule has 0 saturated carbocycles. The van der Waals surface area contributed by atoms with E-state index in [9.17, 15) is 0 Å². The molecule has 1 heteroatoms. The van der Waals surface area contributed by atoms with E-state index in [1.165, 1.54) is 56.0 Å². The van der Waals surface area contributed by atoms with Crippen molar-refractivity contribution >= 4 is 11.8 Å². The summed E-state index contributed by atoms with van der Waals surface area (Å²) in [5.74, 6) is 1.89. The number of hydrogen-bond acceptors (Lipinski definition) is 1. The summed E-state index contributed by atoms with van der Waals surface area (Å²) >= 11 is 0. The molecule has 0 amide bonds. The monoisotopic (exact) mass is 362 g/mol. The molecular weight excluding hydrogens is 338 g/mol. The molecule has 3 aliphatic rings. The van der Waals surface area contributed by atoms with E-state index in [-0.39, 0.29) is 0 Å². The minimum atomic E-state index is 0.553. The minimum Gasteiger partial charge on any atom is -0.256 e. The van der Waals surface area contributed by atoms with Gasteiger partial charge in [0.2, 0.25) is 0 Å². The van der Waals surface area contributed by atoms with Crippen molar-refractivity contribution in [2.24, 2.45) is 4.99 Å². The van der Waals surface area contributed by atoms with Crippen molar-refractivity contribution in [1.29, 1.82) is 0 Å². The standard InChI is InChI=1S/C27H24N/c1-16(2)19-8-10-20(11-9-19)22-6-5-7-23-24(22)15-18(4)25(23)26-17(3)14-21-12-13-28-27(21)26/h5-16H,1-4H3. The summed E-state index contributed by atoms with van der Waals surface area (Å²) < 4.78 is 0. The molecule has 2 aliphatic carbocycles. The summed E-state index contributed by atoms with van der Waals surface area (Å²) in [6.07, 6.45) is 8.62. The third-order valence-electron chi connectivity index (χ3n) is 6.00. The fraction of sp³-hybridized carbons (Fsp3) is 0.185. The van der Waals surface area contributed by atoms with Crippen LogP contribution in [-0.4, -0.2) is 5.71 Å². The van der Waals surface area contributed by atoms with E-state index in [4.69, 9.17) is 0 Å². The fourth-order valence-electron chi connectivity index (χ4n) is 4.55. The Labute approximate surface area is 167 Å². The summed E-state index contributed by atoms with van der Waals surface area (Å²) in [4.78, 5) is 4.65. The van der Waals surface area contributed by atoms with Crippen LogP contribution in [0.1, 0.15) is 50.3 Å². The van der Waals surface area contributed by atoms with E-state index < -0.39 is 0 Å². The molecule has 1 nitrogen and oxygen atoms in total. The molecule has 5 rings (SSSR count). The summed E-state index contributed by atoms with van der Waals surface area (Å²) in [6.45, 7) is 8.90. The molecule has 0 atom stereocenters. The van der Waals surface area contributed by atoms with Crippen molar-refractivity contribution in [1.82, 2.24) is 0 Å². The molecule has 0 fully saturated rings.